The SMILES string of the molecule is Cc1cc(-c2[nH]c3ccc(C=O)cc3c2C(C)C)ccn1.Cl. The Labute approximate surface area is 136 Å². The molecule has 0 spiro atoms. The molecule has 114 valence electrons. The number of H-pyrrole nitrogens is 1. The number of aryl methyl sites for hydroxylation is 1. The van der Waals surface area contributed by atoms with Crippen molar-refractivity contribution in [1.82, 2.24) is 9.97 Å². The number of pyridine rings is 1. The van der Waals surface area contributed by atoms with E-state index in [0.717, 1.165) is 34.1 Å². The van der Waals surface area contributed by atoms with Crippen molar-refractivity contribution >= 4 is 29.6 Å². The first-order valence-electron chi connectivity index (χ1n) is 7.14. The van der Waals surface area contributed by atoms with Crippen molar-refractivity contribution in [1.29, 1.82) is 0 Å². The highest BCUT2D eigenvalue weighted by Crippen LogP contribution is 2.35. The van der Waals surface area contributed by atoms with Crippen LogP contribution >= 0.6 is 12.4 Å². The van der Waals surface area contributed by atoms with Gasteiger partial charge in [0.15, 0.2) is 0 Å². The molecule has 1 N–H and O–H groups in total. The second kappa shape index (κ2) is 6.32. The number of benzene rings is 1. The van der Waals surface area contributed by atoms with E-state index in [2.05, 4.69) is 29.9 Å². The fourth-order valence-electron chi connectivity index (χ4n) is 2.83. The molecule has 22 heavy (non-hydrogen) atoms. The van der Waals surface area contributed by atoms with Crippen molar-refractivity contribution in [2.75, 3.05) is 0 Å². The molecular formula is C18H19ClN2O. The number of carbonyl (C=O) groups excluding carboxylic acids is 1. The fourth-order valence-corrected chi connectivity index (χ4v) is 2.83. The van der Waals surface area contributed by atoms with E-state index in [1.165, 1.54) is 5.56 Å². The van der Waals surface area contributed by atoms with Crippen LogP contribution in [0.1, 0.15) is 41.4 Å². The number of aldehydes is 1. The lowest BCUT2D eigenvalue weighted by molar-refractivity contribution is 0.112. The van der Waals surface area contributed by atoms with E-state index in [1.807, 2.05) is 37.4 Å². The van der Waals surface area contributed by atoms with Crippen molar-refractivity contribution in [2.24, 2.45) is 0 Å². The summed E-state index contributed by atoms with van der Waals surface area (Å²) >= 11 is 0. The van der Waals surface area contributed by atoms with Crippen LogP contribution in [-0.4, -0.2) is 16.3 Å². The minimum atomic E-state index is 0. The highest BCUT2D eigenvalue weighted by atomic mass is 35.5. The number of halogens is 1. The highest BCUT2D eigenvalue weighted by Gasteiger charge is 2.16. The van der Waals surface area contributed by atoms with E-state index in [4.69, 9.17) is 0 Å². The molecule has 0 unspecified atom stereocenters. The predicted octanol–water partition coefficient (Wildman–Crippen LogP) is 4.90. The van der Waals surface area contributed by atoms with Gasteiger partial charge in [-0.3, -0.25) is 9.78 Å². The van der Waals surface area contributed by atoms with Crippen LogP contribution in [0.2, 0.25) is 0 Å². The maximum Gasteiger partial charge on any atom is 0.150 e. The van der Waals surface area contributed by atoms with Crippen LogP contribution in [0.4, 0.5) is 0 Å². The van der Waals surface area contributed by atoms with Crippen LogP contribution in [0.25, 0.3) is 22.2 Å². The van der Waals surface area contributed by atoms with E-state index < -0.39 is 0 Å². The first-order valence-corrected chi connectivity index (χ1v) is 7.14. The molecule has 0 bridgehead atoms. The van der Waals surface area contributed by atoms with Crippen LogP contribution in [0.5, 0.6) is 0 Å². The molecule has 1 aromatic carbocycles. The molecule has 0 saturated carbocycles. The lowest BCUT2D eigenvalue weighted by Crippen LogP contribution is -1.91. The third-order valence-corrected chi connectivity index (χ3v) is 3.76. The third-order valence-electron chi connectivity index (χ3n) is 3.76. The summed E-state index contributed by atoms with van der Waals surface area (Å²) in [7, 11) is 0. The van der Waals surface area contributed by atoms with Crippen LogP contribution in [0, 0.1) is 6.92 Å². The minimum Gasteiger partial charge on any atom is -0.354 e. The van der Waals surface area contributed by atoms with Gasteiger partial charge in [0.1, 0.15) is 6.29 Å². The summed E-state index contributed by atoms with van der Waals surface area (Å²) in [5, 5.41) is 1.12. The number of hydrogen-bond donors (Lipinski definition) is 1. The third kappa shape index (κ3) is 2.77. The van der Waals surface area contributed by atoms with Gasteiger partial charge in [-0.25, -0.2) is 0 Å². The van der Waals surface area contributed by atoms with Crippen LogP contribution < -0.4 is 0 Å². The topological polar surface area (TPSA) is 45.8 Å². The molecule has 0 saturated heterocycles. The number of hydrogen-bond acceptors (Lipinski definition) is 2. The van der Waals surface area contributed by atoms with Crippen molar-refractivity contribution in [3.05, 3.63) is 53.3 Å². The number of carbonyl (C=O) groups is 1. The van der Waals surface area contributed by atoms with Crippen LogP contribution in [-0.2, 0) is 0 Å². The summed E-state index contributed by atoms with van der Waals surface area (Å²) in [5.74, 6) is 0.365. The second-order valence-electron chi connectivity index (χ2n) is 5.68. The first kappa shape index (κ1) is 16.2. The standard InChI is InChI=1S/C18H18N2O.ClH/c1-11(2)17-15-9-13(10-21)4-5-16(15)20-18(17)14-6-7-19-12(3)8-14;/h4-11,20H,1-3H3;1H. The Kier molecular flexibility index (Phi) is 4.67. The summed E-state index contributed by atoms with van der Waals surface area (Å²) in [6.45, 7) is 6.34. The summed E-state index contributed by atoms with van der Waals surface area (Å²) < 4.78 is 0. The Balaban J connectivity index is 0.00000176. The smallest absolute Gasteiger partial charge is 0.150 e. The molecule has 2 heterocycles. The van der Waals surface area contributed by atoms with Crippen molar-refractivity contribution in [2.45, 2.75) is 26.7 Å². The molecule has 0 aliphatic heterocycles. The molecule has 0 amide bonds. The largest absolute Gasteiger partial charge is 0.354 e. The van der Waals surface area contributed by atoms with E-state index in [0.29, 0.717) is 11.5 Å². The Morgan fingerprint density at radius 1 is 1.18 bits per heavy atom. The summed E-state index contributed by atoms with van der Waals surface area (Å²) in [6.07, 6.45) is 2.73. The molecular weight excluding hydrogens is 296 g/mol. The lowest BCUT2D eigenvalue weighted by Gasteiger charge is -2.09. The summed E-state index contributed by atoms with van der Waals surface area (Å²) in [6, 6.07) is 9.88. The normalized spacial score (nSPS) is 10.7. The average molecular weight is 315 g/mol. The van der Waals surface area contributed by atoms with E-state index in [1.54, 1.807) is 0 Å². The Morgan fingerprint density at radius 2 is 1.95 bits per heavy atom. The molecule has 4 heteroatoms. The number of aromatic nitrogens is 2. The molecule has 0 fully saturated rings. The molecule has 0 atom stereocenters. The second-order valence-corrected chi connectivity index (χ2v) is 5.68. The zero-order valence-electron chi connectivity index (χ0n) is 12.9. The van der Waals surface area contributed by atoms with E-state index >= 15 is 0 Å². The van der Waals surface area contributed by atoms with E-state index in [-0.39, 0.29) is 12.4 Å². The fraction of sp³-hybridized carbons (Fsp3) is 0.222. The predicted molar refractivity (Wildman–Crippen MR) is 93.0 cm³/mol. The zero-order chi connectivity index (χ0) is 15.0. The minimum absolute atomic E-state index is 0. The number of fused-ring (bicyclic) bond motifs is 1. The molecule has 3 nitrogen and oxygen atoms in total. The van der Waals surface area contributed by atoms with E-state index in [9.17, 15) is 4.79 Å². The van der Waals surface area contributed by atoms with Crippen molar-refractivity contribution < 1.29 is 4.79 Å². The maximum atomic E-state index is 11.0. The molecule has 3 rings (SSSR count). The monoisotopic (exact) mass is 314 g/mol. The van der Waals surface area contributed by atoms with Gasteiger partial charge in [-0.15, -0.1) is 12.4 Å². The van der Waals surface area contributed by atoms with Gasteiger partial charge >= 0.3 is 0 Å². The van der Waals surface area contributed by atoms with Gasteiger partial charge in [-0.2, -0.15) is 0 Å². The Bertz CT molecular complexity index is 821. The Morgan fingerprint density at radius 3 is 2.59 bits per heavy atom. The van der Waals surface area contributed by atoms with Crippen molar-refractivity contribution in [3.8, 4) is 11.3 Å². The van der Waals surface area contributed by atoms with Gasteiger partial charge in [-0.1, -0.05) is 13.8 Å². The first-order chi connectivity index (χ1) is 10.1. The number of nitrogens with zero attached hydrogens (tertiary/aromatic N) is 1. The van der Waals surface area contributed by atoms with Gasteiger partial charge in [0.05, 0.1) is 5.69 Å². The van der Waals surface area contributed by atoms with Gasteiger partial charge in [0, 0.05) is 33.9 Å². The average Bonchev–Trinajstić information content (AvgIpc) is 2.85. The number of rotatable bonds is 3. The summed E-state index contributed by atoms with van der Waals surface area (Å²) in [4.78, 5) is 18.8. The Hall–Kier alpha value is -2.13. The van der Waals surface area contributed by atoms with Gasteiger partial charge in [0.25, 0.3) is 0 Å². The number of aromatic amines is 1. The summed E-state index contributed by atoms with van der Waals surface area (Å²) in [5.41, 5.74) is 6.27. The van der Waals surface area contributed by atoms with Gasteiger partial charge < -0.3 is 4.98 Å². The molecule has 0 radical (unpaired) electrons. The molecule has 3 aromatic rings. The maximum absolute atomic E-state index is 11.0. The zero-order valence-corrected chi connectivity index (χ0v) is 13.7. The van der Waals surface area contributed by atoms with Gasteiger partial charge in [0.2, 0.25) is 0 Å². The quantitative estimate of drug-likeness (QED) is 0.699. The highest BCUT2D eigenvalue weighted by molar-refractivity contribution is 5.94. The van der Waals surface area contributed by atoms with Crippen molar-refractivity contribution in [3.63, 3.8) is 0 Å². The number of nitrogens with one attached hydrogen (secondary N) is 1. The van der Waals surface area contributed by atoms with Gasteiger partial charge in [-0.05, 0) is 48.7 Å². The van der Waals surface area contributed by atoms with Crippen LogP contribution in [0.3, 0.4) is 0 Å². The molecule has 0 aliphatic carbocycles. The molecule has 2 aromatic heterocycles. The lowest BCUT2D eigenvalue weighted by atomic mass is 9.95. The van der Waals surface area contributed by atoms with Crippen LogP contribution in [0.15, 0.2) is 36.5 Å². The molecule has 0 aliphatic rings.